The van der Waals surface area contributed by atoms with Crippen LogP contribution in [-0.4, -0.2) is 113 Å². The topological polar surface area (TPSA) is 236 Å². The molecule has 19 nitrogen and oxygen atoms in total. The molecule has 2 saturated heterocycles. The summed E-state index contributed by atoms with van der Waals surface area (Å²) in [4.78, 5) is 79.1. The predicted octanol–water partition coefficient (Wildman–Crippen LogP) is 2.80. The van der Waals surface area contributed by atoms with Gasteiger partial charge >= 0.3 is 11.9 Å². The average molecular weight is 803 g/mol. The van der Waals surface area contributed by atoms with Gasteiger partial charge in [-0.2, -0.15) is 0 Å². The molecule has 2 fully saturated rings. The molecule has 0 radical (unpaired) electrons. The SMILES string of the molecule is CO.COC(=O)c1nc2c(N3CCC4(CC3)C(=O)Nc3ccccc34)ncnc2n1C.Cn1c(C(=O)O)nc2c(N3CCC4(CC3)C(=O)Nc3ccccc34)ncnc21. The highest BCUT2D eigenvalue weighted by atomic mass is 16.5. The minimum atomic E-state index is -1.11. The number of rotatable bonds is 4. The van der Waals surface area contributed by atoms with Gasteiger partial charge in [-0.1, -0.05) is 36.4 Å². The number of para-hydroxylation sites is 2. The van der Waals surface area contributed by atoms with Crippen LogP contribution in [0.2, 0.25) is 0 Å². The van der Waals surface area contributed by atoms with Crippen molar-refractivity contribution in [1.82, 2.24) is 39.0 Å². The fourth-order valence-corrected chi connectivity index (χ4v) is 8.84. The standard InChI is InChI=1S/C20H20N6O3.C19H18N6O3.CH4O/c1-25-15-14(24-17(25)18(27)29-2)16(22-11-21-15)26-9-7-20(8-10-26)12-5-3-4-6-13(12)23-19(20)28;1-24-14-13(23-16(24)17(26)27)15(21-10-20-14)25-8-6-19(7-9-25)11-4-2-3-5-12(11)22-18(19)28;1-2/h3-6,11H,7-10H2,1-2H3,(H,23,28);2-5,10H,6-9H2,1H3,(H,22,28)(H,26,27);2H,1H3. The summed E-state index contributed by atoms with van der Waals surface area (Å²) in [7, 11) is 5.67. The Morgan fingerprint density at radius 2 is 1.07 bits per heavy atom. The molecular weight excluding hydrogens is 761 g/mol. The number of imidazole rings is 2. The molecule has 4 aliphatic rings. The molecule has 2 amide bonds. The molecule has 59 heavy (non-hydrogen) atoms. The van der Waals surface area contributed by atoms with E-state index in [-0.39, 0.29) is 23.5 Å². The van der Waals surface area contributed by atoms with E-state index < -0.39 is 22.8 Å². The van der Waals surface area contributed by atoms with Crippen LogP contribution in [0.5, 0.6) is 0 Å². The summed E-state index contributed by atoms with van der Waals surface area (Å²) in [6.07, 6.45) is 5.56. The van der Waals surface area contributed by atoms with E-state index in [1.165, 1.54) is 24.3 Å². The van der Waals surface area contributed by atoms with Gasteiger partial charge in [0.1, 0.15) is 12.7 Å². The van der Waals surface area contributed by atoms with Crippen molar-refractivity contribution < 1.29 is 34.1 Å². The lowest BCUT2D eigenvalue weighted by molar-refractivity contribution is -0.122. The molecule has 4 aromatic heterocycles. The van der Waals surface area contributed by atoms with Gasteiger partial charge in [0.2, 0.25) is 23.5 Å². The number of nitrogens with zero attached hydrogens (tertiary/aromatic N) is 10. The number of fused-ring (bicyclic) bond motifs is 6. The monoisotopic (exact) mass is 802 g/mol. The number of aliphatic hydroxyl groups excluding tert-OH is 1. The van der Waals surface area contributed by atoms with Gasteiger partial charge in [0, 0.05) is 58.8 Å². The average Bonchev–Trinajstić information content (AvgIpc) is 3.96. The molecular formula is C40H42N12O7. The third kappa shape index (κ3) is 6.15. The first-order chi connectivity index (χ1) is 28.6. The van der Waals surface area contributed by atoms with Gasteiger partial charge in [-0.05, 0) is 48.9 Å². The van der Waals surface area contributed by atoms with E-state index in [1.54, 1.807) is 18.7 Å². The van der Waals surface area contributed by atoms with E-state index in [0.717, 1.165) is 29.6 Å². The van der Waals surface area contributed by atoms with Crippen LogP contribution in [0.4, 0.5) is 23.0 Å². The molecule has 2 spiro atoms. The van der Waals surface area contributed by atoms with E-state index in [9.17, 15) is 24.3 Å². The molecule has 0 aliphatic carbocycles. The second kappa shape index (κ2) is 15.1. The normalized spacial score (nSPS) is 17.1. The number of methoxy groups -OCH3 is 1. The highest BCUT2D eigenvalue weighted by Crippen LogP contribution is 2.47. The van der Waals surface area contributed by atoms with Gasteiger partial charge < -0.3 is 44.5 Å². The minimum absolute atomic E-state index is 0.0483. The fourth-order valence-electron chi connectivity index (χ4n) is 8.84. The molecule has 8 heterocycles. The number of aliphatic hydroxyl groups is 1. The number of esters is 1. The molecule has 0 saturated carbocycles. The number of ether oxygens (including phenoxy) is 1. The Labute approximate surface area is 337 Å². The number of carbonyl (C=O) groups excluding carboxylic acids is 3. The number of nitrogens with one attached hydrogen (secondary N) is 2. The molecule has 0 atom stereocenters. The number of benzene rings is 2. The molecule has 6 aromatic rings. The summed E-state index contributed by atoms with van der Waals surface area (Å²) in [6.45, 7) is 2.54. The maximum absolute atomic E-state index is 12.8. The quantitative estimate of drug-likeness (QED) is 0.188. The first kappa shape index (κ1) is 38.8. The van der Waals surface area contributed by atoms with E-state index >= 15 is 0 Å². The predicted molar refractivity (Wildman–Crippen MR) is 215 cm³/mol. The number of aromatic carboxylic acids is 1. The Morgan fingerprint density at radius 3 is 1.49 bits per heavy atom. The lowest BCUT2D eigenvalue weighted by Crippen LogP contribution is -2.46. The van der Waals surface area contributed by atoms with E-state index in [4.69, 9.17) is 9.84 Å². The Bertz CT molecular complexity index is 2640. The van der Waals surface area contributed by atoms with Crippen molar-refractivity contribution in [3.8, 4) is 0 Å². The Balaban J connectivity index is 0.000000158. The van der Waals surface area contributed by atoms with Gasteiger partial charge in [0.15, 0.2) is 34.0 Å². The van der Waals surface area contributed by atoms with Crippen LogP contribution in [0.1, 0.15) is 58.0 Å². The third-order valence-electron chi connectivity index (χ3n) is 11.9. The van der Waals surface area contributed by atoms with Crippen LogP contribution in [0.25, 0.3) is 22.3 Å². The number of piperidine rings is 2. The van der Waals surface area contributed by atoms with E-state index in [0.29, 0.717) is 85.8 Å². The largest absolute Gasteiger partial charge is 0.475 e. The molecule has 10 rings (SSSR count). The van der Waals surface area contributed by atoms with Gasteiger partial charge in [0.05, 0.1) is 17.9 Å². The number of hydrogen-bond donors (Lipinski definition) is 4. The molecule has 304 valence electrons. The molecule has 0 unspecified atom stereocenters. The smallest absolute Gasteiger partial charge is 0.374 e. The number of carbonyl (C=O) groups is 4. The van der Waals surface area contributed by atoms with Crippen LogP contribution in [0, 0.1) is 0 Å². The Kier molecular flexibility index (Phi) is 9.91. The summed E-state index contributed by atoms with van der Waals surface area (Å²) in [5.41, 5.74) is 4.98. The first-order valence-corrected chi connectivity index (χ1v) is 19.0. The van der Waals surface area contributed by atoms with Gasteiger partial charge in [0.25, 0.3) is 0 Å². The highest BCUT2D eigenvalue weighted by Gasteiger charge is 2.50. The maximum Gasteiger partial charge on any atom is 0.374 e. The van der Waals surface area contributed by atoms with Gasteiger partial charge in [-0.15, -0.1) is 0 Å². The van der Waals surface area contributed by atoms with Crippen molar-refractivity contribution >= 4 is 69.1 Å². The van der Waals surface area contributed by atoms with Crippen molar-refractivity contribution in [3.63, 3.8) is 0 Å². The first-order valence-electron chi connectivity index (χ1n) is 19.0. The minimum Gasteiger partial charge on any atom is -0.475 e. The highest BCUT2D eigenvalue weighted by molar-refractivity contribution is 6.07. The van der Waals surface area contributed by atoms with Crippen LogP contribution < -0.4 is 20.4 Å². The van der Waals surface area contributed by atoms with Crippen LogP contribution in [0.3, 0.4) is 0 Å². The van der Waals surface area contributed by atoms with Gasteiger partial charge in [-0.25, -0.2) is 39.5 Å². The zero-order valence-electron chi connectivity index (χ0n) is 32.8. The number of carboxylic acid groups (broad SMARTS) is 1. The van der Waals surface area contributed by atoms with Crippen LogP contribution in [0.15, 0.2) is 61.2 Å². The van der Waals surface area contributed by atoms with E-state index in [2.05, 4.69) is 50.3 Å². The van der Waals surface area contributed by atoms with Crippen molar-refractivity contribution in [2.45, 2.75) is 36.5 Å². The second-order valence-electron chi connectivity index (χ2n) is 14.7. The summed E-state index contributed by atoms with van der Waals surface area (Å²) in [6, 6.07) is 15.7. The number of hydrogen-bond acceptors (Lipinski definition) is 14. The van der Waals surface area contributed by atoms with Gasteiger partial charge in [-0.3, -0.25) is 9.59 Å². The summed E-state index contributed by atoms with van der Waals surface area (Å²) in [5, 5.41) is 22.4. The van der Waals surface area contributed by atoms with Crippen molar-refractivity contribution in [1.29, 1.82) is 0 Å². The number of aromatic nitrogens is 8. The van der Waals surface area contributed by atoms with Crippen LogP contribution >= 0.6 is 0 Å². The lowest BCUT2D eigenvalue weighted by atomic mass is 9.73. The molecule has 2 aromatic carbocycles. The Morgan fingerprint density at radius 1 is 0.661 bits per heavy atom. The zero-order valence-corrected chi connectivity index (χ0v) is 32.8. The zero-order chi connectivity index (χ0) is 41.6. The molecule has 4 N–H and O–H groups in total. The second-order valence-corrected chi connectivity index (χ2v) is 14.7. The lowest BCUT2D eigenvalue weighted by Gasteiger charge is -2.38. The third-order valence-corrected chi connectivity index (χ3v) is 11.9. The van der Waals surface area contributed by atoms with Crippen LogP contribution in [-0.2, 0) is 39.3 Å². The molecule has 19 heteroatoms. The van der Waals surface area contributed by atoms with Crippen molar-refractivity contribution in [2.75, 3.05) is 60.8 Å². The number of carboxylic acids is 1. The number of anilines is 4. The van der Waals surface area contributed by atoms with Crippen molar-refractivity contribution in [3.05, 3.63) is 84.0 Å². The number of amides is 2. The van der Waals surface area contributed by atoms with E-state index in [1.807, 2.05) is 48.5 Å². The van der Waals surface area contributed by atoms with Crippen molar-refractivity contribution in [2.24, 2.45) is 14.1 Å². The Hall–Kier alpha value is -7.02. The summed E-state index contributed by atoms with van der Waals surface area (Å²) >= 11 is 0. The summed E-state index contributed by atoms with van der Waals surface area (Å²) in [5.74, 6) is -0.131. The number of aryl methyl sites for hydroxylation is 2. The fraction of sp³-hybridized carbons (Fsp3) is 0.350. The maximum atomic E-state index is 12.8. The molecule has 4 aliphatic heterocycles. The summed E-state index contributed by atoms with van der Waals surface area (Å²) < 4.78 is 7.87. The molecule has 0 bridgehead atoms.